The lowest BCUT2D eigenvalue weighted by Gasteiger charge is -2.18. The summed E-state index contributed by atoms with van der Waals surface area (Å²) in [7, 11) is 1.83. The molecule has 1 aliphatic heterocycles. The topological polar surface area (TPSA) is 45.7 Å². The first-order chi connectivity index (χ1) is 9.26. The van der Waals surface area contributed by atoms with E-state index in [9.17, 15) is 0 Å². The van der Waals surface area contributed by atoms with Crippen LogP contribution >= 0.6 is 24.0 Å². The first-order valence-electron chi connectivity index (χ1n) is 7.85. The second kappa shape index (κ2) is 12.7. The first-order valence-corrected chi connectivity index (χ1v) is 7.85. The second-order valence-electron chi connectivity index (χ2n) is 5.46. The number of nitrogens with zero attached hydrogens (tertiary/aromatic N) is 1. The summed E-state index contributed by atoms with van der Waals surface area (Å²) >= 11 is 0. The van der Waals surface area contributed by atoms with Crippen LogP contribution < -0.4 is 10.6 Å². The van der Waals surface area contributed by atoms with E-state index in [1.165, 1.54) is 38.5 Å². The third-order valence-electron chi connectivity index (χ3n) is 3.63. The maximum Gasteiger partial charge on any atom is 0.191 e. The lowest BCUT2D eigenvalue weighted by molar-refractivity contribution is 0.105. The van der Waals surface area contributed by atoms with E-state index in [2.05, 4.69) is 29.5 Å². The van der Waals surface area contributed by atoms with Gasteiger partial charge in [-0.2, -0.15) is 0 Å². The Morgan fingerprint density at radius 1 is 1.40 bits per heavy atom. The molecule has 0 amide bonds. The molecule has 0 spiro atoms. The minimum absolute atomic E-state index is 0. The molecule has 0 aromatic rings. The third kappa shape index (κ3) is 9.00. The molecule has 0 aliphatic carbocycles. The van der Waals surface area contributed by atoms with Crippen LogP contribution in [0.15, 0.2) is 4.99 Å². The van der Waals surface area contributed by atoms with Crippen LogP contribution in [0, 0.1) is 0 Å². The van der Waals surface area contributed by atoms with Gasteiger partial charge in [-0.3, -0.25) is 4.99 Å². The smallest absolute Gasteiger partial charge is 0.191 e. The monoisotopic (exact) mass is 397 g/mol. The SMILES string of the molecule is CCCCCC(C)NC(=NC)NCCC1CCCO1.I. The average molecular weight is 397 g/mol. The third-order valence-corrected chi connectivity index (χ3v) is 3.63. The number of ether oxygens (including phenoxy) is 1. The van der Waals surface area contributed by atoms with Gasteiger partial charge in [0.2, 0.25) is 0 Å². The van der Waals surface area contributed by atoms with Crippen molar-refractivity contribution in [3.63, 3.8) is 0 Å². The molecule has 1 aliphatic rings. The molecule has 1 saturated heterocycles. The van der Waals surface area contributed by atoms with Crippen LogP contribution in [0.2, 0.25) is 0 Å². The quantitative estimate of drug-likeness (QED) is 0.286. The van der Waals surface area contributed by atoms with E-state index < -0.39 is 0 Å². The van der Waals surface area contributed by atoms with Gasteiger partial charge in [0, 0.05) is 26.2 Å². The number of hydrogen-bond donors (Lipinski definition) is 2. The molecule has 0 aromatic carbocycles. The van der Waals surface area contributed by atoms with E-state index in [1.807, 2.05) is 7.05 Å². The fourth-order valence-electron chi connectivity index (χ4n) is 2.42. The van der Waals surface area contributed by atoms with Crippen LogP contribution in [0.1, 0.15) is 58.8 Å². The van der Waals surface area contributed by atoms with Gasteiger partial charge >= 0.3 is 0 Å². The Kier molecular flexibility index (Phi) is 12.7. The predicted octanol–water partition coefficient (Wildman–Crippen LogP) is 3.31. The number of hydrogen-bond acceptors (Lipinski definition) is 2. The van der Waals surface area contributed by atoms with E-state index in [0.717, 1.165) is 25.5 Å². The van der Waals surface area contributed by atoms with E-state index in [0.29, 0.717) is 12.1 Å². The Labute approximate surface area is 141 Å². The average Bonchev–Trinajstić information content (AvgIpc) is 2.91. The number of guanidine groups is 1. The number of nitrogens with one attached hydrogen (secondary N) is 2. The van der Waals surface area contributed by atoms with E-state index in [1.54, 1.807) is 0 Å². The first kappa shape index (κ1) is 20.0. The van der Waals surface area contributed by atoms with Crippen LogP contribution in [0.5, 0.6) is 0 Å². The van der Waals surface area contributed by atoms with Gasteiger partial charge in [-0.1, -0.05) is 26.2 Å². The van der Waals surface area contributed by atoms with Gasteiger partial charge in [0.15, 0.2) is 5.96 Å². The molecule has 20 heavy (non-hydrogen) atoms. The highest BCUT2D eigenvalue weighted by Crippen LogP contribution is 2.14. The van der Waals surface area contributed by atoms with Gasteiger partial charge < -0.3 is 15.4 Å². The van der Waals surface area contributed by atoms with E-state index >= 15 is 0 Å². The number of halogens is 1. The van der Waals surface area contributed by atoms with Crippen molar-refractivity contribution in [2.24, 2.45) is 4.99 Å². The Bertz CT molecular complexity index is 256. The van der Waals surface area contributed by atoms with Crippen molar-refractivity contribution in [2.75, 3.05) is 20.2 Å². The highest BCUT2D eigenvalue weighted by molar-refractivity contribution is 14.0. The van der Waals surface area contributed by atoms with E-state index in [-0.39, 0.29) is 24.0 Å². The van der Waals surface area contributed by atoms with Crippen LogP contribution in [-0.4, -0.2) is 38.3 Å². The van der Waals surface area contributed by atoms with Crippen molar-refractivity contribution in [3.8, 4) is 0 Å². The minimum Gasteiger partial charge on any atom is -0.378 e. The molecular weight excluding hydrogens is 365 g/mol. The van der Waals surface area contributed by atoms with Gasteiger partial charge in [0.1, 0.15) is 0 Å². The van der Waals surface area contributed by atoms with Gasteiger partial charge in [-0.05, 0) is 32.6 Å². The normalized spacial score (nSPS) is 20.4. The summed E-state index contributed by atoms with van der Waals surface area (Å²) in [6.45, 7) is 6.34. The second-order valence-corrected chi connectivity index (χ2v) is 5.46. The van der Waals surface area contributed by atoms with Crippen molar-refractivity contribution in [1.82, 2.24) is 10.6 Å². The molecule has 4 nitrogen and oxygen atoms in total. The maximum atomic E-state index is 5.61. The summed E-state index contributed by atoms with van der Waals surface area (Å²) in [4.78, 5) is 4.27. The van der Waals surface area contributed by atoms with Gasteiger partial charge in [0.25, 0.3) is 0 Å². The lowest BCUT2D eigenvalue weighted by Crippen LogP contribution is -2.43. The van der Waals surface area contributed by atoms with Crippen molar-refractivity contribution in [2.45, 2.75) is 70.9 Å². The minimum atomic E-state index is 0. The lowest BCUT2D eigenvalue weighted by atomic mass is 10.1. The molecule has 2 N–H and O–H groups in total. The zero-order chi connectivity index (χ0) is 13.9. The van der Waals surface area contributed by atoms with Crippen LogP contribution in [0.25, 0.3) is 0 Å². The van der Waals surface area contributed by atoms with Crippen molar-refractivity contribution in [1.29, 1.82) is 0 Å². The number of aliphatic imine (C=N–C) groups is 1. The summed E-state index contributed by atoms with van der Waals surface area (Å²) < 4.78 is 5.61. The molecule has 1 heterocycles. The molecule has 5 heteroatoms. The Balaban J connectivity index is 0.00000361. The van der Waals surface area contributed by atoms with E-state index in [4.69, 9.17) is 4.74 Å². The molecule has 2 unspecified atom stereocenters. The zero-order valence-corrected chi connectivity index (χ0v) is 15.6. The summed E-state index contributed by atoms with van der Waals surface area (Å²) in [5.41, 5.74) is 0. The Hall–Kier alpha value is -0.0400. The number of rotatable bonds is 8. The predicted molar refractivity (Wildman–Crippen MR) is 97.1 cm³/mol. The fourth-order valence-corrected chi connectivity index (χ4v) is 2.42. The van der Waals surface area contributed by atoms with Gasteiger partial charge in [-0.15, -0.1) is 24.0 Å². The zero-order valence-electron chi connectivity index (χ0n) is 13.3. The standard InChI is InChI=1S/C15H31N3O.HI/c1-4-5-6-8-13(2)18-15(16-3)17-11-10-14-9-7-12-19-14;/h13-14H,4-12H2,1-3H3,(H2,16,17,18);1H. The fraction of sp³-hybridized carbons (Fsp3) is 0.933. The molecular formula is C15H32IN3O. The molecule has 0 saturated carbocycles. The summed E-state index contributed by atoms with van der Waals surface area (Å²) in [5, 5.41) is 6.83. The van der Waals surface area contributed by atoms with Crippen LogP contribution in [-0.2, 0) is 4.74 Å². The molecule has 1 fully saturated rings. The molecule has 120 valence electrons. The molecule has 0 bridgehead atoms. The molecule has 2 atom stereocenters. The highest BCUT2D eigenvalue weighted by atomic mass is 127. The Morgan fingerprint density at radius 2 is 2.20 bits per heavy atom. The van der Waals surface area contributed by atoms with Crippen molar-refractivity contribution >= 4 is 29.9 Å². The maximum absolute atomic E-state index is 5.61. The summed E-state index contributed by atoms with van der Waals surface area (Å²) in [6, 6.07) is 0.487. The Morgan fingerprint density at radius 3 is 2.80 bits per heavy atom. The number of unbranched alkanes of at least 4 members (excludes halogenated alkanes) is 2. The van der Waals surface area contributed by atoms with Crippen molar-refractivity contribution < 1.29 is 4.74 Å². The van der Waals surface area contributed by atoms with Crippen molar-refractivity contribution in [3.05, 3.63) is 0 Å². The van der Waals surface area contributed by atoms with Gasteiger partial charge in [0.05, 0.1) is 6.10 Å². The van der Waals surface area contributed by atoms with Gasteiger partial charge in [-0.25, -0.2) is 0 Å². The molecule has 1 rings (SSSR count). The molecule has 0 aromatic heterocycles. The highest BCUT2D eigenvalue weighted by Gasteiger charge is 2.15. The summed E-state index contributed by atoms with van der Waals surface area (Å²) in [6.07, 6.45) is 9.04. The summed E-state index contributed by atoms with van der Waals surface area (Å²) in [5.74, 6) is 0.919. The largest absolute Gasteiger partial charge is 0.378 e. The molecule has 0 radical (unpaired) electrons. The van der Waals surface area contributed by atoms with Crippen LogP contribution in [0.3, 0.4) is 0 Å². The van der Waals surface area contributed by atoms with Crippen LogP contribution in [0.4, 0.5) is 0 Å².